The van der Waals surface area contributed by atoms with Gasteiger partial charge in [0, 0.05) is 45.7 Å². The van der Waals surface area contributed by atoms with Gasteiger partial charge < -0.3 is 19.9 Å². The first-order valence-corrected chi connectivity index (χ1v) is 9.18. The summed E-state index contributed by atoms with van der Waals surface area (Å²) >= 11 is 0. The van der Waals surface area contributed by atoms with Crippen LogP contribution in [-0.2, 0) is 24.9 Å². The lowest BCUT2D eigenvalue weighted by molar-refractivity contribution is 0.114. The minimum atomic E-state index is 0. The smallest absolute Gasteiger partial charge is 0.191 e. The van der Waals surface area contributed by atoms with Crippen molar-refractivity contribution in [3.05, 3.63) is 30.1 Å². The van der Waals surface area contributed by atoms with Crippen molar-refractivity contribution in [3.8, 4) is 0 Å². The van der Waals surface area contributed by atoms with Crippen LogP contribution in [0.1, 0.15) is 30.9 Å². The van der Waals surface area contributed by atoms with Crippen LogP contribution in [0.2, 0.25) is 0 Å². The molecule has 3 heterocycles. The fourth-order valence-electron chi connectivity index (χ4n) is 2.81. The Balaban J connectivity index is 0.00000261. The van der Waals surface area contributed by atoms with Crippen molar-refractivity contribution in [2.75, 3.05) is 19.7 Å². The molecule has 0 radical (unpaired) electrons. The summed E-state index contributed by atoms with van der Waals surface area (Å²) in [5.41, 5.74) is 0. The summed E-state index contributed by atoms with van der Waals surface area (Å²) in [6, 6.07) is 1.94. The highest BCUT2D eigenvalue weighted by Gasteiger charge is 2.15. The predicted octanol–water partition coefficient (Wildman–Crippen LogP) is 1.24. The third-order valence-corrected chi connectivity index (χ3v) is 4.50. The molecule has 0 bridgehead atoms. The maximum absolute atomic E-state index is 5.68. The van der Waals surface area contributed by atoms with E-state index in [1.807, 2.05) is 35.5 Å². The van der Waals surface area contributed by atoms with Crippen molar-refractivity contribution in [2.24, 2.45) is 12.0 Å². The number of halogens is 1. The van der Waals surface area contributed by atoms with Crippen LogP contribution >= 0.6 is 24.0 Å². The zero-order valence-corrected chi connectivity index (χ0v) is 18.3. The number of nitrogens with one attached hydrogen (secondary N) is 2. The molecule has 0 saturated carbocycles. The molecule has 0 amide bonds. The summed E-state index contributed by atoms with van der Waals surface area (Å²) in [5, 5.41) is 19.2. The van der Waals surface area contributed by atoms with Gasteiger partial charge in [0.15, 0.2) is 11.8 Å². The van der Waals surface area contributed by atoms with E-state index in [1.165, 1.54) is 0 Å². The van der Waals surface area contributed by atoms with Gasteiger partial charge in [0.1, 0.15) is 12.4 Å². The molecule has 0 aliphatic carbocycles. The molecule has 1 aliphatic heterocycles. The second-order valence-corrected chi connectivity index (χ2v) is 6.45. The maximum Gasteiger partial charge on any atom is 0.191 e. The Morgan fingerprint density at radius 1 is 1.37 bits per heavy atom. The minimum absolute atomic E-state index is 0. The standard InChI is InChI=1S/C17H28N8O.HI/c1-14-22-23-16(24(14)2)13-20-17(19-12-15-6-3-11-26-15)18-7-4-9-25-10-5-8-21-25;/h5,8,10,15H,3-4,6-7,9,11-13H2,1-2H3,(H2,18,19,20);1H. The van der Waals surface area contributed by atoms with Crippen molar-refractivity contribution < 1.29 is 4.74 Å². The van der Waals surface area contributed by atoms with Gasteiger partial charge in [-0.3, -0.25) is 4.68 Å². The van der Waals surface area contributed by atoms with Gasteiger partial charge in [-0.15, -0.1) is 34.2 Å². The fraction of sp³-hybridized carbons (Fsp3) is 0.647. The van der Waals surface area contributed by atoms with Crippen LogP contribution in [0.25, 0.3) is 0 Å². The number of aromatic nitrogens is 5. The molecule has 27 heavy (non-hydrogen) atoms. The average Bonchev–Trinajstić information content (AvgIpc) is 3.39. The number of hydrogen-bond acceptors (Lipinski definition) is 5. The number of ether oxygens (including phenoxy) is 1. The normalized spacial score (nSPS) is 17.0. The molecule has 2 aromatic rings. The zero-order valence-electron chi connectivity index (χ0n) is 16.0. The second kappa shape index (κ2) is 11.2. The highest BCUT2D eigenvalue weighted by atomic mass is 127. The molecule has 0 aromatic carbocycles. The third-order valence-electron chi connectivity index (χ3n) is 4.50. The lowest BCUT2D eigenvalue weighted by atomic mass is 10.2. The highest BCUT2D eigenvalue weighted by molar-refractivity contribution is 14.0. The molecule has 1 fully saturated rings. The zero-order chi connectivity index (χ0) is 18.2. The molecule has 1 saturated heterocycles. The number of hydrogen-bond donors (Lipinski definition) is 2. The molecular formula is C17H29IN8O. The summed E-state index contributed by atoms with van der Waals surface area (Å²) in [6.07, 6.45) is 7.23. The highest BCUT2D eigenvalue weighted by Crippen LogP contribution is 2.10. The van der Waals surface area contributed by atoms with Crippen LogP contribution in [0.5, 0.6) is 0 Å². The van der Waals surface area contributed by atoms with E-state index in [1.54, 1.807) is 6.20 Å². The molecule has 9 nitrogen and oxygen atoms in total. The Bertz CT molecular complexity index is 694. The summed E-state index contributed by atoms with van der Waals surface area (Å²) in [6.45, 7) is 5.73. The molecule has 150 valence electrons. The van der Waals surface area contributed by atoms with Gasteiger partial charge in [0.25, 0.3) is 0 Å². The molecule has 2 N–H and O–H groups in total. The van der Waals surface area contributed by atoms with E-state index in [4.69, 9.17) is 4.74 Å². The average molecular weight is 488 g/mol. The fourth-order valence-corrected chi connectivity index (χ4v) is 2.81. The summed E-state index contributed by atoms with van der Waals surface area (Å²) in [7, 11) is 1.96. The van der Waals surface area contributed by atoms with Crippen LogP contribution in [0, 0.1) is 6.92 Å². The monoisotopic (exact) mass is 488 g/mol. The van der Waals surface area contributed by atoms with E-state index in [9.17, 15) is 0 Å². The van der Waals surface area contributed by atoms with Crippen LogP contribution in [0.4, 0.5) is 0 Å². The molecule has 1 aliphatic rings. The van der Waals surface area contributed by atoms with Gasteiger partial charge in [0.05, 0.1) is 6.10 Å². The van der Waals surface area contributed by atoms with Gasteiger partial charge in [-0.2, -0.15) is 5.10 Å². The van der Waals surface area contributed by atoms with Crippen molar-refractivity contribution in [3.63, 3.8) is 0 Å². The topological polar surface area (TPSA) is 94.2 Å². The lowest BCUT2D eigenvalue weighted by Gasteiger charge is -2.15. The van der Waals surface area contributed by atoms with Crippen molar-refractivity contribution >= 4 is 29.9 Å². The van der Waals surface area contributed by atoms with Gasteiger partial charge in [0.2, 0.25) is 0 Å². The number of aryl methyl sites for hydroxylation is 2. The van der Waals surface area contributed by atoms with E-state index in [2.05, 4.69) is 30.9 Å². The van der Waals surface area contributed by atoms with E-state index in [-0.39, 0.29) is 30.1 Å². The number of nitrogens with zero attached hydrogens (tertiary/aromatic N) is 6. The molecule has 1 atom stereocenters. The Morgan fingerprint density at radius 3 is 2.93 bits per heavy atom. The van der Waals surface area contributed by atoms with Crippen LogP contribution in [0.15, 0.2) is 23.5 Å². The summed E-state index contributed by atoms with van der Waals surface area (Å²) < 4.78 is 9.57. The molecular weight excluding hydrogens is 459 g/mol. The van der Waals surface area contributed by atoms with Gasteiger partial charge in [-0.05, 0) is 32.3 Å². The Labute approximate surface area is 177 Å². The van der Waals surface area contributed by atoms with E-state index < -0.39 is 0 Å². The van der Waals surface area contributed by atoms with E-state index >= 15 is 0 Å². The Morgan fingerprint density at radius 2 is 2.26 bits per heavy atom. The quantitative estimate of drug-likeness (QED) is 0.252. The largest absolute Gasteiger partial charge is 0.376 e. The number of rotatable bonds is 8. The van der Waals surface area contributed by atoms with Gasteiger partial charge in [-0.1, -0.05) is 0 Å². The van der Waals surface area contributed by atoms with Crippen LogP contribution < -0.4 is 10.6 Å². The lowest BCUT2D eigenvalue weighted by Crippen LogP contribution is -2.41. The predicted molar refractivity (Wildman–Crippen MR) is 114 cm³/mol. The van der Waals surface area contributed by atoms with Crippen LogP contribution in [-0.4, -0.2) is 56.3 Å². The maximum atomic E-state index is 5.68. The SMILES string of the molecule is Cc1nnc(CN=C(NCCCn2cccn2)NCC2CCCO2)n1C.I. The van der Waals surface area contributed by atoms with Crippen molar-refractivity contribution in [2.45, 2.75) is 45.4 Å². The molecule has 2 aromatic heterocycles. The molecule has 10 heteroatoms. The first-order chi connectivity index (χ1) is 12.7. The van der Waals surface area contributed by atoms with E-state index in [0.29, 0.717) is 6.54 Å². The van der Waals surface area contributed by atoms with Crippen LogP contribution in [0.3, 0.4) is 0 Å². The molecule has 1 unspecified atom stereocenters. The second-order valence-electron chi connectivity index (χ2n) is 6.45. The molecule has 3 rings (SSSR count). The number of guanidine groups is 1. The van der Waals surface area contributed by atoms with Crippen molar-refractivity contribution in [1.82, 2.24) is 35.2 Å². The first kappa shape index (κ1) is 21.6. The van der Waals surface area contributed by atoms with Gasteiger partial charge >= 0.3 is 0 Å². The van der Waals surface area contributed by atoms with Gasteiger partial charge in [-0.25, -0.2) is 4.99 Å². The summed E-state index contributed by atoms with van der Waals surface area (Å²) in [4.78, 5) is 4.66. The minimum Gasteiger partial charge on any atom is -0.376 e. The Hall–Kier alpha value is -1.69. The first-order valence-electron chi connectivity index (χ1n) is 9.18. The third kappa shape index (κ3) is 6.76. The van der Waals surface area contributed by atoms with E-state index in [0.717, 1.165) is 63.1 Å². The summed E-state index contributed by atoms with van der Waals surface area (Å²) in [5.74, 6) is 2.51. The molecule has 0 spiro atoms. The number of aliphatic imine (C=N–C) groups is 1. The van der Waals surface area contributed by atoms with Crippen molar-refractivity contribution in [1.29, 1.82) is 0 Å². The Kier molecular flexibility index (Phi) is 8.98.